The summed E-state index contributed by atoms with van der Waals surface area (Å²) in [6.07, 6.45) is 6.51. The van der Waals surface area contributed by atoms with Gasteiger partial charge in [0, 0.05) is 31.8 Å². The van der Waals surface area contributed by atoms with Crippen molar-refractivity contribution in [3.63, 3.8) is 0 Å². The Balaban J connectivity index is 2.58. The van der Waals surface area contributed by atoms with Gasteiger partial charge in [-0.25, -0.2) is 0 Å². The van der Waals surface area contributed by atoms with Crippen molar-refractivity contribution < 1.29 is 4.74 Å². The Morgan fingerprint density at radius 3 is 2.47 bits per heavy atom. The molecular weight excluding hydrogens is 212 g/mol. The Bertz CT molecular complexity index is 195. The van der Waals surface area contributed by atoms with E-state index < -0.39 is 0 Å². The summed E-state index contributed by atoms with van der Waals surface area (Å²) in [6.45, 7) is 6.53. The molecule has 0 aromatic rings. The molecular formula is C14H30N2O. The van der Waals surface area contributed by atoms with Gasteiger partial charge in [0.25, 0.3) is 0 Å². The minimum Gasteiger partial charge on any atom is -0.383 e. The first-order valence-corrected chi connectivity index (χ1v) is 7.20. The molecule has 1 N–H and O–H groups in total. The zero-order valence-electron chi connectivity index (χ0n) is 12.0. The second-order valence-electron chi connectivity index (χ2n) is 5.12. The fourth-order valence-electron chi connectivity index (χ4n) is 2.81. The second kappa shape index (κ2) is 8.06. The molecule has 2 atom stereocenters. The maximum absolute atomic E-state index is 5.26. The predicted molar refractivity (Wildman–Crippen MR) is 73.4 cm³/mol. The van der Waals surface area contributed by atoms with Gasteiger partial charge in [-0.3, -0.25) is 4.90 Å². The Labute approximate surface area is 107 Å². The van der Waals surface area contributed by atoms with Gasteiger partial charge in [0.2, 0.25) is 0 Å². The highest BCUT2D eigenvalue weighted by molar-refractivity contribution is 4.92. The molecule has 1 saturated carbocycles. The summed E-state index contributed by atoms with van der Waals surface area (Å²) in [5.74, 6) is 0. The lowest BCUT2D eigenvalue weighted by Gasteiger charge is -2.36. The lowest BCUT2D eigenvalue weighted by atomic mass is 9.99. The van der Waals surface area contributed by atoms with E-state index in [1.54, 1.807) is 7.11 Å². The number of hydrogen-bond donors (Lipinski definition) is 1. The molecule has 1 rings (SSSR count). The molecule has 3 heteroatoms. The van der Waals surface area contributed by atoms with E-state index in [0.717, 1.165) is 19.2 Å². The van der Waals surface area contributed by atoms with Gasteiger partial charge in [-0.15, -0.1) is 0 Å². The highest BCUT2D eigenvalue weighted by atomic mass is 16.5. The second-order valence-corrected chi connectivity index (χ2v) is 5.12. The van der Waals surface area contributed by atoms with E-state index in [9.17, 15) is 0 Å². The number of nitrogens with zero attached hydrogens (tertiary/aromatic N) is 1. The van der Waals surface area contributed by atoms with Gasteiger partial charge in [0.15, 0.2) is 0 Å². The van der Waals surface area contributed by atoms with Gasteiger partial charge in [0.05, 0.1) is 6.61 Å². The minimum absolute atomic E-state index is 0.627. The Morgan fingerprint density at radius 2 is 2.06 bits per heavy atom. The van der Waals surface area contributed by atoms with Gasteiger partial charge < -0.3 is 10.1 Å². The van der Waals surface area contributed by atoms with Gasteiger partial charge in [-0.2, -0.15) is 0 Å². The van der Waals surface area contributed by atoms with Gasteiger partial charge in [-0.05, 0) is 32.7 Å². The van der Waals surface area contributed by atoms with Crippen molar-refractivity contribution in [2.24, 2.45) is 0 Å². The minimum atomic E-state index is 0.627. The number of rotatable bonds is 10. The normalized spacial score (nSPS) is 19.6. The Kier molecular flexibility index (Phi) is 7.09. The molecule has 3 nitrogen and oxygen atoms in total. The molecule has 0 saturated heterocycles. The smallest absolute Gasteiger partial charge is 0.0589 e. The average molecular weight is 242 g/mol. The fourth-order valence-corrected chi connectivity index (χ4v) is 2.81. The highest BCUT2D eigenvalue weighted by Gasteiger charge is 2.35. The monoisotopic (exact) mass is 242 g/mol. The third kappa shape index (κ3) is 4.57. The highest BCUT2D eigenvalue weighted by Crippen LogP contribution is 2.30. The maximum atomic E-state index is 5.26. The molecule has 0 aliphatic heterocycles. The van der Waals surface area contributed by atoms with E-state index >= 15 is 0 Å². The summed E-state index contributed by atoms with van der Waals surface area (Å²) in [5, 5.41) is 3.51. The molecule has 102 valence electrons. The lowest BCUT2D eigenvalue weighted by molar-refractivity contribution is 0.0925. The molecule has 0 radical (unpaired) electrons. The first kappa shape index (κ1) is 14.9. The van der Waals surface area contributed by atoms with Crippen LogP contribution in [0.25, 0.3) is 0 Å². The number of hydrogen-bond acceptors (Lipinski definition) is 3. The van der Waals surface area contributed by atoms with Crippen LogP contribution in [-0.4, -0.2) is 50.3 Å². The number of nitrogens with one attached hydrogen (secondary N) is 1. The van der Waals surface area contributed by atoms with Crippen molar-refractivity contribution in [2.75, 3.05) is 27.3 Å². The molecule has 1 aliphatic carbocycles. The number of methoxy groups -OCH3 is 1. The van der Waals surface area contributed by atoms with Crippen LogP contribution in [0.15, 0.2) is 0 Å². The number of likely N-dealkylation sites (N-methyl/N-ethyl adjacent to an activating group) is 1. The predicted octanol–water partition coefficient (Wildman–Crippen LogP) is 2.26. The van der Waals surface area contributed by atoms with Crippen LogP contribution in [-0.2, 0) is 4.74 Å². The summed E-state index contributed by atoms with van der Waals surface area (Å²) in [7, 11) is 3.90. The standard InChI is InChI=1S/C14H30N2O/c1-5-7-13(15-3)14(6-2)16(10-11-17-4)12-8-9-12/h12-15H,5-11H2,1-4H3. The van der Waals surface area contributed by atoms with E-state index in [2.05, 4.69) is 31.1 Å². The fraction of sp³-hybridized carbons (Fsp3) is 1.00. The molecule has 17 heavy (non-hydrogen) atoms. The Morgan fingerprint density at radius 1 is 1.35 bits per heavy atom. The van der Waals surface area contributed by atoms with E-state index in [1.807, 2.05) is 0 Å². The maximum Gasteiger partial charge on any atom is 0.0589 e. The molecule has 0 heterocycles. The molecule has 0 aromatic carbocycles. The summed E-state index contributed by atoms with van der Waals surface area (Å²) < 4.78 is 5.26. The Hall–Kier alpha value is -0.120. The van der Waals surface area contributed by atoms with Crippen molar-refractivity contribution in [2.45, 2.75) is 64.1 Å². The zero-order chi connectivity index (χ0) is 12.7. The van der Waals surface area contributed by atoms with E-state index in [1.165, 1.54) is 32.1 Å². The molecule has 2 unspecified atom stereocenters. The van der Waals surface area contributed by atoms with Crippen LogP contribution >= 0.6 is 0 Å². The topological polar surface area (TPSA) is 24.5 Å². The largest absolute Gasteiger partial charge is 0.383 e. The first-order valence-electron chi connectivity index (χ1n) is 7.20. The van der Waals surface area contributed by atoms with Crippen LogP contribution in [0.4, 0.5) is 0 Å². The van der Waals surface area contributed by atoms with Crippen molar-refractivity contribution in [1.29, 1.82) is 0 Å². The zero-order valence-corrected chi connectivity index (χ0v) is 12.0. The molecule has 0 spiro atoms. The molecule has 0 amide bonds. The third-order valence-corrected chi connectivity index (χ3v) is 3.85. The molecule has 0 bridgehead atoms. The summed E-state index contributed by atoms with van der Waals surface area (Å²) in [5.41, 5.74) is 0. The molecule has 1 fully saturated rings. The van der Waals surface area contributed by atoms with Crippen molar-refractivity contribution in [1.82, 2.24) is 10.2 Å². The summed E-state index contributed by atoms with van der Waals surface area (Å²) in [4.78, 5) is 2.68. The van der Waals surface area contributed by atoms with Crippen LogP contribution in [0.3, 0.4) is 0 Å². The third-order valence-electron chi connectivity index (χ3n) is 3.85. The average Bonchev–Trinajstić information content (AvgIpc) is 3.16. The molecule has 0 aromatic heterocycles. The van der Waals surface area contributed by atoms with Gasteiger partial charge in [0.1, 0.15) is 0 Å². The van der Waals surface area contributed by atoms with Gasteiger partial charge in [-0.1, -0.05) is 20.3 Å². The quantitative estimate of drug-likeness (QED) is 0.636. The van der Waals surface area contributed by atoms with Crippen LogP contribution < -0.4 is 5.32 Å². The van der Waals surface area contributed by atoms with Gasteiger partial charge >= 0.3 is 0 Å². The van der Waals surface area contributed by atoms with Crippen LogP contribution in [0.1, 0.15) is 46.0 Å². The van der Waals surface area contributed by atoms with Crippen molar-refractivity contribution in [3.05, 3.63) is 0 Å². The van der Waals surface area contributed by atoms with E-state index in [4.69, 9.17) is 4.74 Å². The van der Waals surface area contributed by atoms with E-state index in [-0.39, 0.29) is 0 Å². The number of ether oxygens (including phenoxy) is 1. The summed E-state index contributed by atoms with van der Waals surface area (Å²) >= 11 is 0. The van der Waals surface area contributed by atoms with Crippen molar-refractivity contribution >= 4 is 0 Å². The van der Waals surface area contributed by atoms with Crippen molar-refractivity contribution in [3.8, 4) is 0 Å². The van der Waals surface area contributed by atoms with Crippen LogP contribution in [0.5, 0.6) is 0 Å². The van der Waals surface area contributed by atoms with Crippen LogP contribution in [0.2, 0.25) is 0 Å². The first-order chi connectivity index (χ1) is 8.28. The van der Waals surface area contributed by atoms with E-state index in [0.29, 0.717) is 12.1 Å². The van der Waals surface area contributed by atoms with Crippen LogP contribution in [0, 0.1) is 0 Å². The SMILES string of the molecule is CCCC(NC)C(CC)N(CCOC)C1CC1. The molecule has 1 aliphatic rings. The summed E-state index contributed by atoms with van der Waals surface area (Å²) in [6, 6.07) is 2.12. The lowest BCUT2D eigenvalue weighted by Crippen LogP contribution is -2.50.